The fraction of sp³-hybridized carbons (Fsp3) is 0.563. The Labute approximate surface area is 484 Å². The Hall–Kier alpha value is -5.39. The van der Waals surface area contributed by atoms with Crippen molar-refractivity contribution in [2.75, 3.05) is 47.4 Å². The second-order valence-corrected chi connectivity index (χ2v) is 26.2. The van der Waals surface area contributed by atoms with E-state index in [-0.39, 0.29) is 48.9 Å². The van der Waals surface area contributed by atoms with Gasteiger partial charge in [-0.1, -0.05) is 123 Å². The highest BCUT2D eigenvalue weighted by atomic mass is 16.3. The van der Waals surface area contributed by atoms with Gasteiger partial charge in [-0.2, -0.15) is 0 Å². The van der Waals surface area contributed by atoms with Gasteiger partial charge in [-0.15, -0.1) is 0 Å². The van der Waals surface area contributed by atoms with E-state index in [4.69, 9.17) is 0 Å². The molecule has 3 aliphatic carbocycles. The molecule has 7 heterocycles. The van der Waals surface area contributed by atoms with Gasteiger partial charge in [0.25, 0.3) is 0 Å². The molecule has 0 saturated carbocycles. The first-order valence-corrected chi connectivity index (χ1v) is 31.0. The summed E-state index contributed by atoms with van der Waals surface area (Å²) >= 11 is 0. The minimum absolute atomic E-state index is 0. The number of carbonyl (C=O) groups excluding carboxylic acids is 3. The predicted molar refractivity (Wildman–Crippen MR) is 335 cm³/mol. The van der Waals surface area contributed by atoms with Crippen LogP contribution in [0.4, 0.5) is 0 Å². The van der Waals surface area contributed by atoms with E-state index in [1.807, 2.05) is 6.92 Å². The molecule has 3 aromatic heterocycles. The summed E-state index contributed by atoms with van der Waals surface area (Å²) in [6, 6.07) is 21.3. The predicted octanol–water partition coefficient (Wildman–Crippen LogP) is 12.8. The van der Waals surface area contributed by atoms with Crippen molar-refractivity contribution >= 4 is 61.2 Å². The Morgan fingerprint density at radius 1 is 0.630 bits per heavy atom. The smallest absolute Gasteiger partial charge is 0.141 e. The summed E-state index contributed by atoms with van der Waals surface area (Å²) in [6.45, 7) is 17.0. The van der Waals surface area contributed by atoms with E-state index in [2.05, 4.69) is 177 Å². The molecule has 8 atom stereocenters. The van der Waals surface area contributed by atoms with Gasteiger partial charge in [-0.25, -0.2) is 0 Å². The number of likely N-dealkylation sites (N-methyl/N-ethyl adjacent to an activating group) is 3. The van der Waals surface area contributed by atoms with E-state index in [1.54, 1.807) is 11.3 Å². The van der Waals surface area contributed by atoms with Crippen molar-refractivity contribution in [1.29, 1.82) is 0 Å². The molecule has 1 fully saturated rings. The molecule has 10 heteroatoms. The lowest BCUT2D eigenvalue weighted by Crippen LogP contribution is -2.58. The van der Waals surface area contributed by atoms with Crippen molar-refractivity contribution in [3.63, 3.8) is 0 Å². The molecule has 7 aliphatic rings. The van der Waals surface area contributed by atoms with E-state index in [9.17, 15) is 19.5 Å². The van der Waals surface area contributed by atoms with Gasteiger partial charge in [0.05, 0.1) is 0 Å². The average Bonchev–Trinajstić information content (AvgIpc) is 4.22. The third-order valence-electron chi connectivity index (χ3n) is 21.1. The largest absolute Gasteiger partial charge is 0.396 e. The summed E-state index contributed by atoms with van der Waals surface area (Å²) in [5.74, 6) is 2.40. The van der Waals surface area contributed by atoms with Crippen LogP contribution in [0.15, 0.2) is 79.1 Å². The first-order chi connectivity index (χ1) is 38.5. The van der Waals surface area contributed by atoms with Crippen LogP contribution in [0.2, 0.25) is 0 Å². The van der Waals surface area contributed by atoms with Gasteiger partial charge in [0.15, 0.2) is 0 Å². The number of fused-ring (bicyclic) bond motifs is 9. The Morgan fingerprint density at radius 2 is 1.16 bits per heavy atom. The topological polar surface area (TPSA) is 95.9 Å². The lowest BCUT2D eigenvalue weighted by atomic mass is 9.61. The SMILES string of the molecule is C.CC(CO)CC(=O)C1C=C2c3cccc4c3c(cn4C)CC2N(C)C1.CCC(CC)CC(=O)C1C=C2c3cccc4c3c(c3n4CCC3)CC2N(C)C1.CCC(CC)CC(=O)C1CN(C)C2Cc3cn(C)c4cccc(c34)C2(C)C1. The number of rotatable bonds is 14. The van der Waals surface area contributed by atoms with Gasteiger partial charge in [0, 0.05) is 158 Å². The third-order valence-corrected chi connectivity index (χ3v) is 21.1. The van der Waals surface area contributed by atoms with Gasteiger partial charge in [0.1, 0.15) is 17.3 Å². The number of aryl methyl sites for hydroxylation is 3. The Kier molecular flexibility index (Phi) is 17.2. The highest BCUT2D eigenvalue weighted by Crippen LogP contribution is 2.50. The molecule has 10 nitrogen and oxygen atoms in total. The lowest BCUT2D eigenvalue weighted by molar-refractivity contribution is -0.127. The monoisotopic (exact) mass is 1100 g/mol. The van der Waals surface area contributed by atoms with Crippen molar-refractivity contribution in [3.8, 4) is 0 Å². The van der Waals surface area contributed by atoms with Crippen LogP contribution in [-0.2, 0) is 66.1 Å². The molecule has 6 aromatic rings. The highest BCUT2D eigenvalue weighted by Gasteiger charge is 2.49. The zero-order valence-electron chi connectivity index (χ0n) is 50.3. The van der Waals surface area contributed by atoms with Gasteiger partial charge < -0.3 is 23.7 Å². The fourth-order valence-corrected chi connectivity index (χ4v) is 16.4. The highest BCUT2D eigenvalue weighted by molar-refractivity contribution is 6.02. The molecular formula is C71H96N6O4. The van der Waals surface area contributed by atoms with Gasteiger partial charge in [-0.05, 0) is 140 Å². The molecule has 1 N–H and O–H groups in total. The number of nitrogens with zero attached hydrogens (tertiary/aromatic N) is 6. The molecule has 0 amide bonds. The summed E-state index contributed by atoms with van der Waals surface area (Å²) in [5, 5.41) is 13.5. The Bertz CT molecular complexity index is 3400. The number of benzene rings is 3. The number of hydrogen-bond acceptors (Lipinski definition) is 7. The molecule has 0 radical (unpaired) electrons. The molecule has 4 aliphatic heterocycles. The quantitative estimate of drug-likeness (QED) is 0.116. The first-order valence-electron chi connectivity index (χ1n) is 31.0. The molecule has 1 saturated heterocycles. The number of piperidine rings is 1. The van der Waals surface area contributed by atoms with E-state index >= 15 is 0 Å². The number of aliphatic hydroxyl groups excluding tert-OH is 1. The molecule has 0 spiro atoms. The second-order valence-electron chi connectivity index (χ2n) is 26.2. The Balaban J connectivity index is 0.000000136. The molecule has 0 bridgehead atoms. The molecule has 8 unspecified atom stereocenters. The summed E-state index contributed by atoms with van der Waals surface area (Å²) in [6.07, 6.45) is 22.2. The van der Waals surface area contributed by atoms with Crippen LogP contribution < -0.4 is 0 Å². The molecule has 3 aromatic carbocycles. The number of Topliss-reactive ketones (excluding diaryl/α,β-unsaturated/α-hetero) is 3. The number of likely N-dealkylation sites (tertiary alicyclic amines) is 1. The number of carbonyl (C=O) groups is 3. The lowest BCUT2D eigenvalue weighted by Gasteiger charge is -2.52. The first kappa shape index (κ1) is 58.8. The summed E-state index contributed by atoms with van der Waals surface area (Å²) in [7, 11) is 10.8. The molecule has 81 heavy (non-hydrogen) atoms. The number of ketones is 3. The van der Waals surface area contributed by atoms with Crippen molar-refractivity contribution in [2.24, 2.45) is 49.6 Å². The summed E-state index contributed by atoms with van der Waals surface area (Å²) in [4.78, 5) is 46.2. The van der Waals surface area contributed by atoms with Crippen LogP contribution >= 0.6 is 0 Å². The third kappa shape index (κ3) is 10.5. The van der Waals surface area contributed by atoms with Crippen LogP contribution in [0.3, 0.4) is 0 Å². The molecule has 434 valence electrons. The van der Waals surface area contributed by atoms with Crippen molar-refractivity contribution in [3.05, 3.63) is 118 Å². The summed E-state index contributed by atoms with van der Waals surface area (Å²) < 4.78 is 7.03. The number of aromatic nitrogens is 3. The maximum Gasteiger partial charge on any atom is 0.141 e. The maximum atomic E-state index is 13.1. The van der Waals surface area contributed by atoms with Gasteiger partial charge in [-0.3, -0.25) is 24.2 Å². The zero-order chi connectivity index (χ0) is 56.5. The van der Waals surface area contributed by atoms with E-state index in [1.165, 1.54) is 84.5 Å². The maximum absolute atomic E-state index is 13.1. The second kappa shape index (κ2) is 23.7. The van der Waals surface area contributed by atoms with Crippen LogP contribution in [0, 0.1) is 35.5 Å². The molecular weight excluding hydrogens is 1000 g/mol. The fourth-order valence-electron chi connectivity index (χ4n) is 16.4. The standard InChI is InChI=1S/C25H32N2O.C24H34N2O.C21H26N2O2.CH4/c1-4-16(5-2)12-24(28)17-13-19-18-8-6-9-22-25(18)20(14-23(19)26(3)15-17)21-10-7-11-27(21)22;1-6-16(7-2)11-21(27)18-13-24(3)19-9-8-10-20-23(19)17(14-25(20)4)12-22(24)26(5)15-18;1-13(12-24)7-20(25)14-8-17-16-5-4-6-18-21(16)15(11-22(18)2)9-19(17)23(3)10-14;/h6,8-9,13,16-17,23H,4-5,7,10-12,14-15H2,1-3H3;8-10,14,16,18,22H,6-7,11-13,15H2,1-5H3;4-6,8,11,13-14,19,24H,7,9-10,12H2,1-3H3;1H4. The van der Waals surface area contributed by atoms with Crippen LogP contribution in [0.5, 0.6) is 0 Å². The molecule has 13 rings (SSSR count). The average molecular weight is 1100 g/mol. The minimum Gasteiger partial charge on any atom is -0.396 e. The summed E-state index contributed by atoms with van der Waals surface area (Å²) in [5.41, 5.74) is 16.9. The van der Waals surface area contributed by atoms with Gasteiger partial charge in [0.2, 0.25) is 0 Å². The van der Waals surface area contributed by atoms with Crippen LogP contribution in [-0.4, -0.2) is 116 Å². The van der Waals surface area contributed by atoms with E-state index in [0.29, 0.717) is 47.9 Å². The van der Waals surface area contributed by atoms with Crippen LogP contribution in [0.1, 0.15) is 146 Å². The minimum atomic E-state index is -0.0780. The van der Waals surface area contributed by atoms with Crippen molar-refractivity contribution in [1.82, 2.24) is 28.4 Å². The van der Waals surface area contributed by atoms with E-state index < -0.39 is 0 Å². The normalized spacial score (nSPS) is 25.0. The van der Waals surface area contributed by atoms with Gasteiger partial charge >= 0.3 is 0 Å². The van der Waals surface area contributed by atoms with Crippen molar-refractivity contribution < 1.29 is 19.5 Å². The number of aliphatic hydroxyl groups is 1. The Morgan fingerprint density at radius 3 is 1.77 bits per heavy atom. The van der Waals surface area contributed by atoms with E-state index in [0.717, 1.165) is 90.4 Å². The van der Waals surface area contributed by atoms with Crippen LogP contribution in [0.25, 0.3) is 43.9 Å². The number of hydrogen-bond donors (Lipinski definition) is 1. The zero-order valence-corrected chi connectivity index (χ0v) is 50.3. The van der Waals surface area contributed by atoms with Crippen molar-refractivity contribution in [2.45, 2.75) is 163 Å².